The lowest BCUT2D eigenvalue weighted by molar-refractivity contribution is -0.307. The number of carboxylic acids is 1. The first-order valence-corrected chi connectivity index (χ1v) is 6.88. The van der Waals surface area contributed by atoms with Gasteiger partial charge in [-0.15, -0.1) is 0 Å². The molecule has 5 nitrogen and oxygen atoms in total. The highest BCUT2D eigenvalue weighted by atomic mass is 16.5. The molecule has 23 heavy (non-hydrogen) atoms. The van der Waals surface area contributed by atoms with E-state index in [9.17, 15) is 14.7 Å². The number of hydrogen-bond donors (Lipinski definition) is 0. The minimum Gasteiger partial charge on any atom is -0.546 e. The highest BCUT2D eigenvalue weighted by Gasteiger charge is 2.05. The van der Waals surface area contributed by atoms with Crippen molar-refractivity contribution < 1.29 is 24.2 Å². The maximum Gasteiger partial charge on any atom is 0.185 e. The highest BCUT2D eigenvalue weighted by molar-refractivity contribution is 6.07. The molecular weight excluding hydrogens is 296 g/mol. The lowest BCUT2D eigenvalue weighted by Crippen LogP contribution is -2.28. The molecule has 0 radical (unpaired) electrons. The second kappa shape index (κ2) is 7.79. The van der Waals surface area contributed by atoms with Crippen LogP contribution in [0.25, 0.3) is 6.08 Å². The van der Waals surface area contributed by atoms with Crippen molar-refractivity contribution in [3.05, 3.63) is 65.7 Å². The van der Waals surface area contributed by atoms with Gasteiger partial charge in [-0.3, -0.25) is 4.79 Å². The Morgan fingerprint density at radius 1 is 1.13 bits per heavy atom. The van der Waals surface area contributed by atoms with Crippen LogP contribution in [0.4, 0.5) is 0 Å². The Balaban J connectivity index is 2.12. The van der Waals surface area contributed by atoms with Crippen LogP contribution in [0.2, 0.25) is 0 Å². The Kier molecular flexibility index (Phi) is 5.52. The van der Waals surface area contributed by atoms with Gasteiger partial charge in [-0.05, 0) is 30.4 Å². The molecular formula is C18H15O5-. The minimum absolute atomic E-state index is 0.227. The number of benzene rings is 2. The summed E-state index contributed by atoms with van der Waals surface area (Å²) in [5.41, 5.74) is 1.18. The van der Waals surface area contributed by atoms with Gasteiger partial charge in [0.25, 0.3) is 0 Å². The number of rotatable bonds is 7. The van der Waals surface area contributed by atoms with Gasteiger partial charge in [0.15, 0.2) is 5.78 Å². The topological polar surface area (TPSA) is 75.7 Å². The minimum atomic E-state index is -1.32. The molecule has 2 aromatic rings. The van der Waals surface area contributed by atoms with Gasteiger partial charge in [-0.1, -0.05) is 30.3 Å². The van der Waals surface area contributed by atoms with Gasteiger partial charge in [-0.25, -0.2) is 0 Å². The number of methoxy groups -OCH3 is 1. The van der Waals surface area contributed by atoms with E-state index >= 15 is 0 Å². The van der Waals surface area contributed by atoms with Crippen molar-refractivity contribution in [3.8, 4) is 11.5 Å². The largest absolute Gasteiger partial charge is 0.546 e. The SMILES string of the molecule is COc1ccccc1/C=C/C(=O)c1cccc(OCC(=O)[O-])c1. The standard InChI is InChI=1S/C18H16O5/c1-22-17-8-3-2-5-13(17)9-10-16(19)14-6-4-7-15(11-14)23-12-18(20)21/h2-11H,12H2,1H3,(H,20,21)/p-1/b10-9+. The van der Waals surface area contributed by atoms with E-state index in [0.29, 0.717) is 17.1 Å². The highest BCUT2D eigenvalue weighted by Crippen LogP contribution is 2.19. The first-order valence-electron chi connectivity index (χ1n) is 6.88. The monoisotopic (exact) mass is 311 g/mol. The fraction of sp³-hybridized carbons (Fsp3) is 0.111. The van der Waals surface area contributed by atoms with E-state index in [1.807, 2.05) is 18.2 Å². The summed E-state index contributed by atoms with van der Waals surface area (Å²) >= 11 is 0. The van der Waals surface area contributed by atoms with Crippen molar-refractivity contribution >= 4 is 17.8 Å². The maximum atomic E-state index is 12.2. The summed E-state index contributed by atoms with van der Waals surface area (Å²) in [6.07, 6.45) is 3.09. The summed E-state index contributed by atoms with van der Waals surface area (Å²) in [6.45, 7) is -0.561. The van der Waals surface area contributed by atoms with Crippen molar-refractivity contribution in [3.63, 3.8) is 0 Å². The first kappa shape index (κ1) is 16.3. The van der Waals surface area contributed by atoms with Crippen molar-refractivity contribution in [1.29, 1.82) is 0 Å². The molecule has 0 atom stereocenters. The zero-order valence-corrected chi connectivity index (χ0v) is 12.5. The molecule has 5 heteroatoms. The normalized spacial score (nSPS) is 10.5. The van der Waals surface area contributed by atoms with E-state index < -0.39 is 12.6 Å². The van der Waals surface area contributed by atoms with E-state index in [4.69, 9.17) is 9.47 Å². The Bertz CT molecular complexity index is 734. The van der Waals surface area contributed by atoms with Crippen LogP contribution in [0.1, 0.15) is 15.9 Å². The number of ketones is 1. The van der Waals surface area contributed by atoms with E-state index in [1.54, 1.807) is 37.5 Å². The summed E-state index contributed by atoms with van der Waals surface area (Å²) in [6, 6.07) is 13.6. The summed E-state index contributed by atoms with van der Waals surface area (Å²) in [4.78, 5) is 22.6. The molecule has 0 aliphatic carbocycles. The lowest BCUT2D eigenvalue weighted by Gasteiger charge is -2.07. The molecule has 0 aromatic heterocycles. The molecule has 2 aromatic carbocycles. The molecule has 0 spiro atoms. The molecule has 0 bridgehead atoms. The third-order valence-corrected chi connectivity index (χ3v) is 3.03. The van der Waals surface area contributed by atoms with Gasteiger partial charge in [0.2, 0.25) is 0 Å². The lowest BCUT2D eigenvalue weighted by atomic mass is 10.1. The zero-order chi connectivity index (χ0) is 16.7. The van der Waals surface area contributed by atoms with Crippen LogP contribution in [0.15, 0.2) is 54.6 Å². The van der Waals surface area contributed by atoms with E-state index in [2.05, 4.69) is 0 Å². The molecule has 118 valence electrons. The number of aliphatic carboxylic acids is 1. The number of carbonyl (C=O) groups excluding carboxylic acids is 2. The number of allylic oxidation sites excluding steroid dienone is 1. The van der Waals surface area contributed by atoms with Crippen LogP contribution < -0.4 is 14.6 Å². The van der Waals surface area contributed by atoms with Gasteiger partial charge in [0, 0.05) is 11.1 Å². The molecule has 0 aliphatic heterocycles. The van der Waals surface area contributed by atoms with E-state index in [1.165, 1.54) is 12.1 Å². The Hall–Kier alpha value is -3.08. The van der Waals surface area contributed by atoms with Crippen LogP contribution in [-0.2, 0) is 4.79 Å². The zero-order valence-electron chi connectivity index (χ0n) is 12.5. The van der Waals surface area contributed by atoms with Crippen LogP contribution in [-0.4, -0.2) is 25.5 Å². The second-order valence-corrected chi connectivity index (χ2v) is 4.63. The first-order chi connectivity index (χ1) is 11.1. The molecule has 0 saturated heterocycles. The third kappa shape index (κ3) is 4.71. The van der Waals surface area contributed by atoms with Crippen molar-refractivity contribution in [1.82, 2.24) is 0 Å². The van der Waals surface area contributed by atoms with Crippen LogP contribution in [0, 0.1) is 0 Å². The summed E-state index contributed by atoms with van der Waals surface area (Å²) in [5, 5.41) is 10.4. The van der Waals surface area contributed by atoms with E-state index in [0.717, 1.165) is 5.56 Å². The van der Waals surface area contributed by atoms with Gasteiger partial charge >= 0.3 is 0 Å². The van der Waals surface area contributed by atoms with Crippen LogP contribution in [0.5, 0.6) is 11.5 Å². The van der Waals surface area contributed by atoms with Gasteiger partial charge in [0.05, 0.1) is 13.1 Å². The molecule has 0 fully saturated rings. The number of para-hydroxylation sites is 1. The third-order valence-electron chi connectivity index (χ3n) is 3.03. The second-order valence-electron chi connectivity index (χ2n) is 4.63. The number of carboxylic acid groups (broad SMARTS) is 1. The average Bonchev–Trinajstić information content (AvgIpc) is 2.58. The quantitative estimate of drug-likeness (QED) is 0.575. The molecule has 0 unspecified atom stereocenters. The smallest absolute Gasteiger partial charge is 0.185 e. The summed E-state index contributed by atoms with van der Waals surface area (Å²) in [5.74, 6) is -0.582. The van der Waals surface area contributed by atoms with Crippen molar-refractivity contribution in [2.75, 3.05) is 13.7 Å². The molecule has 0 N–H and O–H groups in total. The molecule has 0 amide bonds. The predicted octanol–water partition coefficient (Wildman–Crippen LogP) is 1.72. The Morgan fingerprint density at radius 2 is 1.91 bits per heavy atom. The number of carbonyl (C=O) groups is 2. The predicted molar refractivity (Wildman–Crippen MR) is 83.3 cm³/mol. The molecule has 2 rings (SSSR count). The average molecular weight is 311 g/mol. The van der Waals surface area contributed by atoms with Crippen LogP contribution in [0.3, 0.4) is 0 Å². The van der Waals surface area contributed by atoms with Gasteiger partial charge in [-0.2, -0.15) is 0 Å². The number of hydrogen-bond acceptors (Lipinski definition) is 5. The Labute approximate surface area is 133 Å². The van der Waals surface area contributed by atoms with Crippen molar-refractivity contribution in [2.45, 2.75) is 0 Å². The molecule has 0 heterocycles. The fourth-order valence-corrected chi connectivity index (χ4v) is 1.95. The van der Waals surface area contributed by atoms with Gasteiger partial charge in [0.1, 0.15) is 18.1 Å². The maximum absolute atomic E-state index is 12.2. The summed E-state index contributed by atoms with van der Waals surface area (Å²) < 4.78 is 10.2. The molecule has 0 saturated carbocycles. The van der Waals surface area contributed by atoms with Crippen LogP contribution >= 0.6 is 0 Å². The fourth-order valence-electron chi connectivity index (χ4n) is 1.95. The molecule has 0 aliphatic rings. The summed E-state index contributed by atoms with van der Waals surface area (Å²) in [7, 11) is 1.56. The van der Waals surface area contributed by atoms with Gasteiger partial charge < -0.3 is 19.4 Å². The number of ether oxygens (including phenoxy) is 2. The van der Waals surface area contributed by atoms with Crippen molar-refractivity contribution in [2.24, 2.45) is 0 Å². The van der Waals surface area contributed by atoms with E-state index in [-0.39, 0.29) is 5.78 Å². The Morgan fingerprint density at radius 3 is 2.65 bits per heavy atom.